The number of benzene rings is 3. The molecule has 0 aliphatic heterocycles. The second-order valence-corrected chi connectivity index (χ2v) is 9.86. The highest BCUT2D eigenvalue weighted by Gasteiger charge is 2.33. The van der Waals surface area contributed by atoms with Gasteiger partial charge in [0.2, 0.25) is 0 Å². The molecule has 0 aromatic heterocycles. The summed E-state index contributed by atoms with van der Waals surface area (Å²) in [7, 11) is 0. The van der Waals surface area contributed by atoms with Gasteiger partial charge in [0.25, 0.3) is 0 Å². The summed E-state index contributed by atoms with van der Waals surface area (Å²) in [4.78, 5) is 0. The summed E-state index contributed by atoms with van der Waals surface area (Å²) >= 11 is 6.16. The van der Waals surface area contributed by atoms with E-state index in [1.54, 1.807) is 0 Å². The van der Waals surface area contributed by atoms with Gasteiger partial charge in [0.1, 0.15) is 0 Å². The number of aliphatic hydroxyl groups excluding tert-OH is 1. The maximum Gasteiger partial charge on any atom is 0.0898 e. The highest BCUT2D eigenvalue weighted by atomic mass is 35.5. The van der Waals surface area contributed by atoms with Crippen LogP contribution in [-0.4, -0.2) is 29.9 Å². The molecule has 2 unspecified atom stereocenters. The van der Waals surface area contributed by atoms with Crippen molar-refractivity contribution in [2.45, 2.75) is 50.9 Å². The van der Waals surface area contributed by atoms with Crippen molar-refractivity contribution >= 4 is 22.4 Å². The second kappa shape index (κ2) is 9.70. The number of hydrogen-bond donors (Lipinski definition) is 2. The summed E-state index contributed by atoms with van der Waals surface area (Å²) in [6.07, 6.45) is 2.68. The zero-order chi connectivity index (χ0) is 21.8. The summed E-state index contributed by atoms with van der Waals surface area (Å²) in [6.45, 7) is 5.16. The molecule has 1 aliphatic carbocycles. The maximum atomic E-state index is 10.6. The summed E-state index contributed by atoms with van der Waals surface area (Å²) < 4.78 is 6.15. The molecule has 3 aromatic carbocycles. The van der Waals surface area contributed by atoms with E-state index >= 15 is 0 Å². The van der Waals surface area contributed by atoms with Crippen LogP contribution in [0.1, 0.15) is 43.9 Å². The van der Waals surface area contributed by atoms with Gasteiger partial charge in [0.05, 0.1) is 18.8 Å². The van der Waals surface area contributed by atoms with E-state index in [4.69, 9.17) is 16.3 Å². The minimum absolute atomic E-state index is 0.0129. The molecule has 164 valence electrons. The van der Waals surface area contributed by atoms with E-state index < -0.39 is 6.10 Å². The number of fused-ring (bicyclic) bond motifs is 1. The van der Waals surface area contributed by atoms with Gasteiger partial charge in [0, 0.05) is 17.1 Å². The van der Waals surface area contributed by atoms with E-state index in [0.29, 0.717) is 19.1 Å². The first-order valence-corrected chi connectivity index (χ1v) is 11.6. The SMILES string of the molecule is CC(C)(Cc1ccc2ccccc2c1)NCC(O)COC(c1cccc(Cl)c1)C1CC1. The molecular weight excluding hydrogens is 406 g/mol. The van der Waals surface area contributed by atoms with Crippen molar-refractivity contribution < 1.29 is 9.84 Å². The second-order valence-electron chi connectivity index (χ2n) is 9.42. The molecule has 4 rings (SSSR count). The van der Waals surface area contributed by atoms with Crippen LogP contribution in [-0.2, 0) is 11.2 Å². The molecule has 0 radical (unpaired) electrons. The largest absolute Gasteiger partial charge is 0.389 e. The lowest BCUT2D eigenvalue weighted by Gasteiger charge is -2.29. The molecular formula is C27H32ClNO2. The van der Waals surface area contributed by atoms with E-state index in [2.05, 4.69) is 67.7 Å². The quantitative estimate of drug-likeness (QED) is 0.413. The third-order valence-corrected chi connectivity index (χ3v) is 6.21. The van der Waals surface area contributed by atoms with Crippen LogP contribution < -0.4 is 5.32 Å². The lowest BCUT2D eigenvalue weighted by molar-refractivity contribution is -0.0211. The minimum Gasteiger partial charge on any atom is -0.389 e. The molecule has 0 heterocycles. The first-order valence-electron chi connectivity index (χ1n) is 11.2. The molecule has 1 fully saturated rings. The van der Waals surface area contributed by atoms with Crippen LogP contribution in [0, 0.1) is 5.92 Å². The monoisotopic (exact) mass is 437 g/mol. The number of β-amino-alcohol motifs (C(OH)–C–C–N with tert-alkyl or cyclic N) is 1. The number of aliphatic hydroxyl groups is 1. The third-order valence-electron chi connectivity index (χ3n) is 5.97. The Labute approximate surface area is 190 Å². The van der Waals surface area contributed by atoms with Gasteiger partial charge >= 0.3 is 0 Å². The normalized spacial score (nSPS) is 16.4. The molecule has 1 aliphatic rings. The van der Waals surface area contributed by atoms with Gasteiger partial charge in [-0.3, -0.25) is 0 Å². The Bertz CT molecular complexity index is 1010. The predicted molar refractivity (Wildman–Crippen MR) is 129 cm³/mol. The van der Waals surface area contributed by atoms with E-state index in [1.165, 1.54) is 29.2 Å². The molecule has 3 aromatic rings. The maximum absolute atomic E-state index is 10.6. The van der Waals surface area contributed by atoms with Crippen molar-refractivity contribution in [3.63, 3.8) is 0 Å². The Balaban J connectivity index is 1.29. The Kier molecular flexibility index (Phi) is 6.98. The molecule has 4 heteroatoms. The molecule has 2 atom stereocenters. The lowest BCUT2D eigenvalue weighted by atomic mass is 9.93. The van der Waals surface area contributed by atoms with Crippen LogP contribution in [0.3, 0.4) is 0 Å². The predicted octanol–water partition coefficient (Wildman–Crippen LogP) is 5.93. The average Bonchev–Trinajstić information content (AvgIpc) is 3.57. The molecule has 0 bridgehead atoms. The van der Waals surface area contributed by atoms with E-state index in [9.17, 15) is 5.11 Å². The van der Waals surface area contributed by atoms with Crippen molar-refractivity contribution in [3.05, 3.63) is 82.9 Å². The standard InChI is InChI=1S/C27H32ClNO2/c1-27(2,16-19-10-11-20-6-3-4-7-22(20)14-19)29-17-25(30)18-31-26(21-12-13-21)23-8-5-9-24(28)15-23/h3-11,14-15,21,25-26,29-30H,12-13,16-18H2,1-2H3. The van der Waals surface area contributed by atoms with Crippen molar-refractivity contribution in [2.24, 2.45) is 5.92 Å². The average molecular weight is 438 g/mol. The Hall–Kier alpha value is -1.91. The fourth-order valence-electron chi connectivity index (χ4n) is 4.18. The van der Waals surface area contributed by atoms with Crippen LogP contribution in [0.25, 0.3) is 10.8 Å². The lowest BCUT2D eigenvalue weighted by Crippen LogP contribution is -2.46. The van der Waals surface area contributed by atoms with Crippen LogP contribution in [0.4, 0.5) is 0 Å². The Morgan fingerprint density at radius 1 is 1.03 bits per heavy atom. The van der Waals surface area contributed by atoms with E-state index in [-0.39, 0.29) is 11.6 Å². The van der Waals surface area contributed by atoms with Gasteiger partial charge < -0.3 is 15.2 Å². The van der Waals surface area contributed by atoms with Gasteiger partial charge in [-0.15, -0.1) is 0 Å². The molecule has 31 heavy (non-hydrogen) atoms. The molecule has 3 nitrogen and oxygen atoms in total. The molecule has 2 N–H and O–H groups in total. The van der Waals surface area contributed by atoms with Crippen LogP contribution in [0.2, 0.25) is 5.02 Å². The van der Waals surface area contributed by atoms with E-state index in [0.717, 1.165) is 17.0 Å². The summed E-state index contributed by atoms with van der Waals surface area (Å²) in [5, 5.41) is 17.3. The van der Waals surface area contributed by atoms with Gasteiger partial charge in [-0.05, 0) is 73.1 Å². The smallest absolute Gasteiger partial charge is 0.0898 e. The van der Waals surface area contributed by atoms with Crippen molar-refractivity contribution in [1.29, 1.82) is 0 Å². The van der Waals surface area contributed by atoms with Crippen molar-refractivity contribution in [1.82, 2.24) is 5.32 Å². The fraction of sp³-hybridized carbons (Fsp3) is 0.407. The number of hydrogen-bond acceptors (Lipinski definition) is 3. The number of ether oxygens (including phenoxy) is 1. The first-order chi connectivity index (χ1) is 14.9. The molecule has 1 saturated carbocycles. The number of rotatable bonds is 10. The molecule has 0 amide bonds. The first kappa shape index (κ1) is 22.3. The van der Waals surface area contributed by atoms with Crippen LogP contribution >= 0.6 is 11.6 Å². The highest BCUT2D eigenvalue weighted by Crippen LogP contribution is 2.43. The zero-order valence-electron chi connectivity index (χ0n) is 18.4. The fourth-order valence-corrected chi connectivity index (χ4v) is 4.38. The van der Waals surface area contributed by atoms with Gasteiger partial charge in [-0.25, -0.2) is 0 Å². The third kappa shape index (κ3) is 6.30. The van der Waals surface area contributed by atoms with Crippen molar-refractivity contribution in [2.75, 3.05) is 13.2 Å². The van der Waals surface area contributed by atoms with E-state index in [1.807, 2.05) is 18.2 Å². The Morgan fingerprint density at radius 2 is 1.81 bits per heavy atom. The Morgan fingerprint density at radius 3 is 2.55 bits per heavy atom. The summed E-state index contributed by atoms with van der Waals surface area (Å²) in [5.41, 5.74) is 2.26. The molecule has 0 saturated heterocycles. The number of halogens is 1. The summed E-state index contributed by atoms with van der Waals surface area (Å²) in [6, 6.07) is 22.9. The highest BCUT2D eigenvalue weighted by molar-refractivity contribution is 6.30. The minimum atomic E-state index is -0.559. The topological polar surface area (TPSA) is 41.5 Å². The molecule has 0 spiro atoms. The van der Waals surface area contributed by atoms with Gasteiger partial charge in [-0.2, -0.15) is 0 Å². The number of nitrogens with one attached hydrogen (secondary N) is 1. The van der Waals surface area contributed by atoms with Gasteiger partial charge in [-0.1, -0.05) is 66.2 Å². The zero-order valence-corrected chi connectivity index (χ0v) is 19.1. The van der Waals surface area contributed by atoms with Gasteiger partial charge in [0.15, 0.2) is 0 Å². The van der Waals surface area contributed by atoms with Crippen LogP contribution in [0.5, 0.6) is 0 Å². The van der Waals surface area contributed by atoms with Crippen molar-refractivity contribution in [3.8, 4) is 0 Å². The van der Waals surface area contributed by atoms with Crippen LogP contribution in [0.15, 0.2) is 66.7 Å². The summed E-state index contributed by atoms with van der Waals surface area (Å²) in [5.74, 6) is 0.531.